The van der Waals surface area contributed by atoms with Crippen LogP contribution in [0.15, 0.2) is 197 Å². The van der Waals surface area contributed by atoms with Crippen molar-refractivity contribution in [1.82, 2.24) is 9.55 Å². The Morgan fingerprint density at radius 1 is 0.463 bits per heavy atom. The monoisotopic (exact) mass is 693 g/mol. The predicted molar refractivity (Wildman–Crippen MR) is 221 cm³/mol. The lowest BCUT2D eigenvalue weighted by molar-refractivity contribution is 0.618. The first kappa shape index (κ1) is 30.3. The maximum atomic E-state index is 6.87. The van der Waals surface area contributed by atoms with Gasteiger partial charge in [-0.25, -0.2) is 4.98 Å². The lowest BCUT2D eigenvalue weighted by Crippen LogP contribution is -2.12. The van der Waals surface area contributed by atoms with Crippen molar-refractivity contribution >= 4 is 71.9 Å². The van der Waals surface area contributed by atoms with E-state index in [9.17, 15) is 0 Å². The molecule has 0 aliphatic carbocycles. The number of para-hydroxylation sites is 4. The molecule has 5 heteroatoms. The van der Waals surface area contributed by atoms with E-state index in [-0.39, 0.29) is 0 Å². The maximum Gasteiger partial charge on any atom is 0.227 e. The molecule has 3 aromatic heterocycles. The van der Waals surface area contributed by atoms with E-state index in [2.05, 4.69) is 149 Å². The fourth-order valence-electron chi connectivity index (χ4n) is 7.98. The summed E-state index contributed by atoms with van der Waals surface area (Å²) in [7, 11) is 0. The van der Waals surface area contributed by atoms with E-state index in [1.165, 1.54) is 5.39 Å². The number of oxazole rings is 1. The summed E-state index contributed by atoms with van der Waals surface area (Å²) in [4.78, 5) is 7.43. The van der Waals surface area contributed by atoms with Crippen LogP contribution in [-0.4, -0.2) is 9.55 Å². The minimum absolute atomic E-state index is 0.555. The second-order valence-electron chi connectivity index (χ2n) is 13.5. The number of fused-ring (bicyclic) bond motifs is 7. The van der Waals surface area contributed by atoms with Crippen molar-refractivity contribution in [2.45, 2.75) is 0 Å². The Labute approximate surface area is 310 Å². The zero-order chi connectivity index (χ0) is 35.6. The van der Waals surface area contributed by atoms with Gasteiger partial charge in [0.2, 0.25) is 5.89 Å². The minimum Gasteiger partial charge on any atom is -0.454 e. The molecular weight excluding hydrogens is 663 g/mol. The number of aromatic nitrogens is 2. The molecule has 8 aromatic carbocycles. The Morgan fingerprint density at radius 2 is 1.09 bits per heavy atom. The standard InChI is InChI=1S/C49H31N3O2/c1-4-15-32(16-5-1)33-27-29-36(30-28-33)52(43-25-14-23-39-37-21-10-12-24-42(37)51(45(39)43)35-19-8-3-9-20-35)46-47-40(38-22-11-13-26-44(38)53-47)31-41-48(46)54-49(50-41)34-17-6-2-7-18-34/h1-31H. The average Bonchev–Trinajstić information content (AvgIpc) is 3.94. The zero-order valence-corrected chi connectivity index (χ0v) is 29.1. The molecule has 0 fully saturated rings. The van der Waals surface area contributed by atoms with Crippen LogP contribution in [0.4, 0.5) is 17.1 Å². The SMILES string of the molecule is c1ccc(-c2ccc(N(c3c4oc(-c5ccccc5)nc4cc4c3oc3ccccc34)c3cccc4c5ccccc5n(-c5ccccc5)c34)cc2)cc1. The summed E-state index contributed by atoms with van der Waals surface area (Å²) >= 11 is 0. The van der Waals surface area contributed by atoms with Gasteiger partial charge in [0, 0.05) is 38.5 Å². The molecule has 0 saturated heterocycles. The second-order valence-corrected chi connectivity index (χ2v) is 13.5. The van der Waals surface area contributed by atoms with Gasteiger partial charge in [-0.15, -0.1) is 0 Å². The number of benzene rings is 8. The normalized spacial score (nSPS) is 11.7. The van der Waals surface area contributed by atoms with Crippen LogP contribution in [0.5, 0.6) is 0 Å². The molecule has 11 rings (SSSR count). The number of hydrogen-bond donors (Lipinski definition) is 0. The second kappa shape index (κ2) is 12.1. The van der Waals surface area contributed by atoms with Crippen LogP contribution < -0.4 is 4.90 Å². The molecule has 0 N–H and O–H groups in total. The van der Waals surface area contributed by atoms with Gasteiger partial charge in [0.25, 0.3) is 0 Å². The van der Waals surface area contributed by atoms with Gasteiger partial charge in [0.05, 0.1) is 16.7 Å². The number of rotatable bonds is 6. The van der Waals surface area contributed by atoms with Gasteiger partial charge in [-0.1, -0.05) is 127 Å². The highest BCUT2D eigenvalue weighted by Crippen LogP contribution is 2.50. The molecule has 0 spiro atoms. The summed E-state index contributed by atoms with van der Waals surface area (Å²) in [6, 6.07) is 65.4. The summed E-state index contributed by atoms with van der Waals surface area (Å²) in [6.45, 7) is 0. The van der Waals surface area contributed by atoms with E-state index in [0.717, 1.165) is 83.3 Å². The molecule has 0 bridgehead atoms. The van der Waals surface area contributed by atoms with Crippen LogP contribution >= 0.6 is 0 Å². The number of nitrogens with zero attached hydrogens (tertiary/aromatic N) is 3. The van der Waals surface area contributed by atoms with Crippen molar-refractivity contribution in [1.29, 1.82) is 0 Å². The van der Waals surface area contributed by atoms with Gasteiger partial charge in [0.1, 0.15) is 16.8 Å². The third-order valence-corrected chi connectivity index (χ3v) is 10.4. The van der Waals surface area contributed by atoms with E-state index < -0.39 is 0 Å². The molecule has 54 heavy (non-hydrogen) atoms. The maximum absolute atomic E-state index is 6.87. The molecule has 0 aliphatic heterocycles. The van der Waals surface area contributed by atoms with E-state index in [4.69, 9.17) is 13.8 Å². The first-order valence-corrected chi connectivity index (χ1v) is 18.1. The van der Waals surface area contributed by atoms with Gasteiger partial charge < -0.3 is 18.3 Å². The van der Waals surface area contributed by atoms with Crippen LogP contribution in [0.1, 0.15) is 0 Å². The summed E-state index contributed by atoms with van der Waals surface area (Å²) in [5, 5.41) is 4.32. The fourth-order valence-corrected chi connectivity index (χ4v) is 7.98. The quantitative estimate of drug-likeness (QED) is 0.174. The first-order valence-electron chi connectivity index (χ1n) is 18.1. The third kappa shape index (κ3) is 4.69. The van der Waals surface area contributed by atoms with E-state index >= 15 is 0 Å². The van der Waals surface area contributed by atoms with Crippen molar-refractivity contribution < 1.29 is 8.83 Å². The lowest BCUT2D eigenvalue weighted by Gasteiger charge is -2.27. The molecular formula is C49H31N3O2. The minimum atomic E-state index is 0.555. The van der Waals surface area contributed by atoms with E-state index in [1.54, 1.807) is 0 Å². The first-order chi connectivity index (χ1) is 26.8. The highest BCUT2D eigenvalue weighted by molar-refractivity contribution is 6.20. The Bertz CT molecular complexity index is 3140. The van der Waals surface area contributed by atoms with E-state index in [1.807, 2.05) is 48.5 Å². The molecule has 254 valence electrons. The molecule has 0 unspecified atom stereocenters. The van der Waals surface area contributed by atoms with Gasteiger partial charge in [-0.2, -0.15) is 0 Å². The molecule has 11 aromatic rings. The predicted octanol–water partition coefficient (Wildman–Crippen LogP) is 13.6. The van der Waals surface area contributed by atoms with E-state index in [0.29, 0.717) is 11.5 Å². The van der Waals surface area contributed by atoms with Crippen LogP contribution in [0, 0.1) is 0 Å². The summed E-state index contributed by atoms with van der Waals surface area (Å²) in [6.07, 6.45) is 0. The number of furan rings is 1. The Balaban J connectivity index is 1.29. The van der Waals surface area contributed by atoms with Crippen molar-refractivity contribution in [3.8, 4) is 28.3 Å². The summed E-state index contributed by atoms with van der Waals surface area (Å²) in [5.41, 5.74) is 12.1. The van der Waals surface area contributed by atoms with Crippen molar-refractivity contribution in [2.24, 2.45) is 0 Å². The number of hydrogen-bond acceptors (Lipinski definition) is 4. The third-order valence-electron chi connectivity index (χ3n) is 10.4. The Morgan fingerprint density at radius 3 is 1.87 bits per heavy atom. The summed E-state index contributed by atoms with van der Waals surface area (Å²) in [5.74, 6) is 0.555. The van der Waals surface area contributed by atoms with Gasteiger partial charge in [-0.05, 0) is 71.8 Å². The molecule has 5 nitrogen and oxygen atoms in total. The van der Waals surface area contributed by atoms with Crippen LogP contribution in [0.25, 0.3) is 83.1 Å². The fraction of sp³-hybridized carbons (Fsp3) is 0. The zero-order valence-electron chi connectivity index (χ0n) is 29.1. The van der Waals surface area contributed by atoms with Crippen molar-refractivity contribution in [3.05, 3.63) is 188 Å². The van der Waals surface area contributed by atoms with Gasteiger partial charge in [-0.3, -0.25) is 0 Å². The largest absolute Gasteiger partial charge is 0.454 e. The molecule has 0 atom stereocenters. The molecule has 3 heterocycles. The Hall–Kier alpha value is -7.37. The highest BCUT2D eigenvalue weighted by Gasteiger charge is 2.29. The van der Waals surface area contributed by atoms with Gasteiger partial charge in [0.15, 0.2) is 11.2 Å². The lowest BCUT2D eigenvalue weighted by atomic mass is 10.0. The number of anilines is 3. The topological polar surface area (TPSA) is 47.3 Å². The highest BCUT2D eigenvalue weighted by atomic mass is 16.4. The van der Waals surface area contributed by atoms with Crippen LogP contribution in [-0.2, 0) is 0 Å². The molecule has 0 radical (unpaired) electrons. The molecule has 0 saturated carbocycles. The smallest absolute Gasteiger partial charge is 0.227 e. The van der Waals surface area contributed by atoms with Crippen LogP contribution in [0.3, 0.4) is 0 Å². The van der Waals surface area contributed by atoms with Crippen LogP contribution in [0.2, 0.25) is 0 Å². The Kier molecular flexibility index (Phi) is 6.79. The van der Waals surface area contributed by atoms with Crippen molar-refractivity contribution in [2.75, 3.05) is 4.90 Å². The summed E-state index contributed by atoms with van der Waals surface area (Å²) < 4.78 is 16.1. The average molecular weight is 694 g/mol. The van der Waals surface area contributed by atoms with Crippen molar-refractivity contribution in [3.63, 3.8) is 0 Å². The molecule has 0 aliphatic rings. The van der Waals surface area contributed by atoms with Gasteiger partial charge >= 0.3 is 0 Å². The molecule has 0 amide bonds.